The Bertz CT molecular complexity index is 348. The van der Waals surface area contributed by atoms with E-state index in [1.807, 2.05) is 11.8 Å². The van der Waals surface area contributed by atoms with Gasteiger partial charge in [0, 0.05) is 16.5 Å². The summed E-state index contributed by atoms with van der Waals surface area (Å²) in [5.74, 6) is 0.640. The fourth-order valence-corrected chi connectivity index (χ4v) is 3.79. The SMILES string of the molecule is CC1SC(C(C)C)C(N)c2ccccc21. The van der Waals surface area contributed by atoms with Crippen LogP contribution in [-0.4, -0.2) is 5.25 Å². The van der Waals surface area contributed by atoms with Crippen LogP contribution in [0.3, 0.4) is 0 Å². The third-order valence-corrected chi connectivity index (χ3v) is 4.98. The Labute approximate surface area is 96.4 Å². The van der Waals surface area contributed by atoms with Crippen LogP contribution in [0.2, 0.25) is 0 Å². The first-order valence-corrected chi connectivity index (χ1v) is 6.55. The molecule has 2 rings (SSSR count). The molecule has 3 atom stereocenters. The van der Waals surface area contributed by atoms with E-state index in [1.165, 1.54) is 11.1 Å². The molecule has 0 bridgehead atoms. The molecule has 1 aromatic carbocycles. The zero-order chi connectivity index (χ0) is 11.0. The summed E-state index contributed by atoms with van der Waals surface area (Å²) in [7, 11) is 0. The molecule has 0 amide bonds. The number of hydrogen-bond donors (Lipinski definition) is 1. The van der Waals surface area contributed by atoms with Gasteiger partial charge in [0.1, 0.15) is 0 Å². The van der Waals surface area contributed by atoms with Gasteiger partial charge in [0.05, 0.1) is 0 Å². The van der Waals surface area contributed by atoms with Gasteiger partial charge in [0.15, 0.2) is 0 Å². The van der Waals surface area contributed by atoms with Gasteiger partial charge in [-0.05, 0) is 24.0 Å². The zero-order valence-electron chi connectivity index (χ0n) is 9.60. The minimum absolute atomic E-state index is 0.197. The van der Waals surface area contributed by atoms with Crippen LogP contribution in [0.4, 0.5) is 0 Å². The summed E-state index contributed by atoms with van der Waals surface area (Å²) in [5, 5.41) is 1.13. The van der Waals surface area contributed by atoms with Gasteiger partial charge in [-0.3, -0.25) is 0 Å². The van der Waals surface area contributed by atoms with Gasteiger partial charge >= 0.3 is 0 Å². The van der Waals surface area contributed by atoms with Gasteiger partial charge in [-0.1, -0.05) is 38.1 Å². The van der Waals surface area contributed by atoms with Crippen LogP contribution in [-0.2, 0) is 0 Å². The highest BCUT2D eigenvalue weighted by molar-refractivity contribution is 8.00. The highest BCUT2D eigenvalue weighted by atomic mass is 32.2. The number of hydrogen-bond acceptors (Lipinski definition) is 2. The molecule has 3 unspecified atom stereocenters. The molecular formula is C13H19NS. The first-order chi connectivity index (χ1) is 7.11. The molecule has 1 aromatic rings. The van der Waals surface area contributed by atoms with Crippen molar-refractivity contribution < 1.29 is 0 Å². The summed E-state index contributed by atoms with van der Waals surface area (Å²) in [6.45, 7) is 6.81. The van der Waals surface area contributed by atoms with E-state index in [0.29, 0.717) is 16.4 Å². The van der Waals surface area contributed by atoms with Crippen molar-refractivity contribution in [3.63, 3.8) is 0 Å². The smallest absolute Gasteiger partial charge is 0.0421 e. The maximum Gasteiger partial charge on any atom is 0.0421 e. The Morgan fingerprint density at radius 2 is 1.80 bits per heavy atom. The number of rotatable bonds is 1. The van der Waals surface area contributed by atoms with Crippen molar-refractivity contribution >= 4 is 11.8 Å². The van der Waals surface area contributed by atoms with E-state index in [-0.39, 0.29) is 6.04 Å². The fourth-order valence-electron chi connectivity index (χ4n) is 2.33. The number of fused-ring (bicyclic) bond motifs is 1. The Morgan fingerprint density at radius 1 is 1.20 bits per heavy atom. The minimum Gasteiger partial charge on any atom is -0.323 e. The average molecular weight is 221 g/mol. The van der Waals surface area contributed by atoms with Gasteiger partial charge in [-0.25, -0.2) is 0 Å². The maximum absolute atomic E-state index is 6.33. The second-order valence-corrected chi connectivity index (χ2v) is 6.17. The molecule has 0 fully saturated rings. The molecule has 0 spiro atoms. The molecule has 2 N–H and O–H groups in total. The second-order valence-electron chi connectivity index (χ2n) is 4.64. The third-order valence-electron chi connectivity index (χ3n) is 3.17. The largest absolute Gasteiger partial charge is 0.323 e. The van der Waals surface area contributed by atoms with Gasteiger partial charge in [0.25, 0.3) is 0 Å². The molecule has 1 aliphatic rings. The van der Waals surface area contributed by atoms with E-state index < -0.39 is 0 Å². The summed E-state index contributed by atoms with van der Waals surface area (Å²) in [5.41, 5.74) is 9.11. The summed E-state index contributed by atoms with van der Waals surface area (Å²) >= 11 is 2.02. The Balaban J connectivity index is 2.39. The van der Waals surface area contributed by atoms with Crippen molar-refractivity contribution in [3.8, 4) is 0 Å². The monoisotopic (exact) mass is 221 g/mol. The van der Waals surface area contributed by atoms with Crippen LogP contribution in [0.5, 0.6) is 0 Å². The molecule has 0 saturated carbocycles. The van der Waals surface area contributed by atoms with E-state index in [4.69, 9.17) is 5.73 Å². The van der Waals surface area contributed by atoms with Crippen molar-refractivity contribution in [3.05, 3.63) is 35.4 Å². The molecule has 0 aliphatic carbocycles. The first-order valence-electron chi connectivity index (χ1n) is 5.61. The van der Waals surface area contributed by atoms with Gasteiger partial charge in [-0.15, -0.1) is 11.8 Å². The number of thioether (sulfide) groups is 1. The Kier molecular flexibility index (Phi) is 3.08. The van der Waals surface area contributed by atoms with Crippen molar-refractivity contribution in [1.82, 2.24) is 0 Å². The van der Waals surface area contributed by atoms with E-state index in [2.05, 4.69) is 45.0 Å². The normalized spacial score (nSPS) is 30.3. The van der Waals surface area contributed by atoms with Crippen LogP contribution in [0.1, 0.15) is 43.2 Å². The van der Waals surface area contributed by atoms with E-state index in [9.17, 15) is 0 Å². The quantitative estimate of drug-likeness (QED) is 0.785. The van der Waals surface area contributed by atoms with Gasteiger partial charge < -0.3 is 5.73 Å². The number of nitrogens with two attached hydrogens (primary N) is 1. The predicted molar refractivity (Wildman–Crippen MR) is 68.0 cm³/mol. The lowest BCUT2D eigenvalue weighted by Crippen LogP contribution is -2.32. The predicted octanol–water partition coefficient (Wildman–Crippen LogP) is 3.52. The molecule has 0 saturated heterocycles. The lowest BCUT2D eigenvalue weighted by Gasteiger charge is -2.36. The molecule has 1 nitrogen and oxygen atoms in total. The van der Waals surface area contributed by atoms with E-state index >= 15 is 0 Å². The van der Waals surface area contributed by atoms with Crippen LogP contribution in [0.25, 0.3) is 0 Å². The second kappa shape index (κ2) is 4.18. The highest BCUT2D eigenvalue weighted by Crippen LogP contribution is 2.46. The van der Waals surface area contributed by atoms with Crippen LogP contribution in [0, 0.1) is 5.92 Å². The van der Waals surface area contributed by atoms with Crippen molar-refractivity contribution in [2.45, 2.75) is 37.3 Å². The molecule has 1 heterocycles. The van der Waals surface area contributed by atoms with E-state index in [1.54, 1.807) is 0 Å². The molecule has 0 radical (unpaired) electrons. The molecule has 2 heteroatoms. The highest BCUT2D eigenvalue weighted by Gasteiger charge is 2.32. The Hall–Kier alpha value is -0.470. The third kappa shape index (κ3) is 1.93. The summed E-state index contributed by atoms with van der Waals surface area (Å²) in [4.78, 5) is 0. The molecule has 82 valence electrons. The maximum atomic E-state index is 6.33. The summed E-state index contributed by atoms with van der Waals surface area (Å²) < 4.78 is 0. The van der Waals surface area contributed by atoms with Gasteiger partial charge in [0.2, 0.25) is 0 Å². The van der Waals surface area contributed by atoms with E-state index in [0.717, 1.165) is 0 Å². The molecular weight excluding hydrogens is 202 g/mol. The van der Waals surface area contributed by atoms with Crippen LogP contribution in [0.15, 0.2) is 24.3 Å². The minimum atomic E-state index is 0.197. The lowest BCUT2D eigenvalue weighted by molar-refractivity contribution is 0.516. The standard InChI is InChI=1S/C13H19NS/c1-8(2)13-12(14)11-7-5-4-6-10(11)9(3)15-13/h4-9,12-13H,14H2,1-3H3. The van der Waals surface area contributed by atoms with Crippen LogP contribution >= 0.6 is 11.8 Å². The average Bonchev–Trinajstić information content (AvgIpc) is 2.23. The summed E-state index contributed by atoms with van der Waals surface area (Å²) in [6, 6.07) is 8.80. The first kappa shape index (κ1) is 11.0. The Morgan fingerprint density at radius 3 is 2.40 bits per heavy atom. The van der Waals surface area contributed by atoms with Crippen molar-refractivity contribution in [2.24, 2.45) is 11.7 Å². The van der Waals surface area contributed by atoms with Gasteiger partial charge in [-0.2, -0.15) is 0 Å². The fraction of sp³-hybridized carbons (Fsp3) is 0.538. The summed E-state index contributed by atoms with van der Waals surface area (Å²) in [6.07, 6.45) is 0. The molecule has 0 aromatic heterocycles. The topological polar surface area (TPSA) is 26.0 Å². The molecule has 1 aliphatic heterocycles. The van der Waals surface area contributed by atoms with Crippen molar-refractivity contribution in [1.29, 1.82) is 0 Å². The number of benzene rings is 1. The van der Waals surface area contributed by atoms with Crippen LogP contribution < -0.4 is 5.73 Å². The van der Waals surface area contributed by atoms with Crippen molar-refractivity contribution in [2.75, 3.05) is 0 Å². The molecule has 15 heavy (non-hydrogen) atoms. The zero-order valence-corrected chi connectivity index (χ0v) is 10.4. The lowest BCUT2D eigenvalue weighted by atomic mass is 9.91.